The van der Waals surface area contributed by atoms with Crippen molar-refractivity contribution < 1.29 is 9.47 Å². The quantitative estimate of drug-likeness (QED) is 0.342. The van der Waals surface area contributed by atoms with E-state index >= 15 is 0 Å². The summed E-state index contributed by atoms with van der Waals surface area (Å²) in [5.41, 5.74) is 3.67. The first-order chi connectivity index (χ1) is 16.1. The maximum absolute atomic E-state index is 6.03. The van der Waals surface area contributed by atoms with Crippen LogP contribution in [0.1, 0.15) is 57.1 Å². The Morgan fingerprint density at radius 1 is 1.12 bits per heavy atom. The van der Waals surface area contributed by atoms with Gasteiger partial charge in [-0.3, -0.25) is 4.90 Å². The minimum Gasteiger partial charge on any atom is -0.491 e. The van der Waals surface area contributed by atoms with E-state index in [9.17, 15) is 0 Å². The van der Waals surface area contributed by atoms with Crippen molar-refractivity contribution in [1.29, 1.82) is 0 Å². The number of hydrogen-bond acceptors (Lipinski definition) is 5. The molecular weight excluding hydrogens is 410 g/mol. The van der Waals surface area contributed by atoms with Crippen LogP contribution < -0.4 is 10.1 Å². The van der Waals surface area contributed by atoms with Crippen molar-refractivity contribution in [2.45, 2.75) is 64.3 Å². The Morgan fingerprint density at radius 2 is 1.91 bits per heavy atom. The summed E-state index contributed by atoms with van der Waals surface area (Å²) in [6.07, 6.45) is 6.28. The summed E-state index contributed by atoms with van der Waals surface area (Å²) < 4.78 is 12.0. The smallest absolute Gasteiger partial charge is 0.171 e. The first kappa shape index (κ1) is 24.1. The molecule has 0 saturated carbocycles. The van der Waals surface area contributed by atoms with Crippen LogP contribution >= 0.6 is 0 Å². The van der Waals surface area contributed by atoms with E-state index in [1.54, 1.807) is 0 Å². The number of benzene rings is 2. The number of hydrogen-bond donors (Lipinski definition) is 1. The highest BCUT2D eigenvalue weighted by atomic mass is 16.6. The fourth-order valence-electron chi connectivity index (χ4n) is 4.74. The van der Waals surface area contributed by atoms with Gasteiger partial charge in [-0.2, -0.15) is 0 Å². The van der Waals surface area contributed by atoms with Crippen LogP contribution in [0.25, 0.3) is 0 Å². The Labute approximate surface area is 200 Å². The van der Waals surface area contributed by atoms with Crippen molar-refractivity contribution in [2.24, 2.45) is 0 Å². The van der Waals surface area contributed by atoms with E-state index < -0.39 is 0 Å². The van der Waals surface area contributed by atoms with Gasteiger partial charge in [0.25, 0.3) is 0 Å². The average Bonchev–Trinajstić information content (AvgIpc) is 3.65. The molecule has 0 aliphatic carbocycles. The van der Waals surface area contributed by atoms with Crippen LogP contribution in [-0.2, 0) is 17.0 Å². The SMILES string of the molecule is CCC(C)Oc1cccc(NCCCN(C)Cc2cccc(C3(N4CCCCC4)CO3)c2)c1. The number of nitrogens with zero attached hydrogens (tertiary/aromatic N) is 2. The number of piperidine rings is 1. The Kier molecular flexibility index (Phi) is 8.29. The van der Waals surface area contributed by atoms with Gasteiger partial charge in [-0.15, -0.1) is 0 Å². The van der Waals surface area contributed by atoms with Crippen LogP contribution in [0.15, 0.2) is 48.5 Å². The monoisotopic (exact) mass is 451 g/mol. The van der Waals surface area contributed by atoms with Crippen molar-refractivity contribution in [2.75, 3.05) is 45.2 Å². The van der Waals surface area contributed by atoms with E-state index in [1.807, 2.05) is 6.07 Å². The fraction of sp³-hybridized carbons (Fsp3) is 0.571. The lowest BCUT2D eigenvalue weighted by Crippen LogP contribution is -2.40. The summed E-state index contributed by atoms with van der Waals surface area (Å²) in [5, 5.41) is 3.54. The van der Waals surface area contributed by atoms with E-state index in [-0.39, 0.29) is 11.8 Å². The maximum atomic E-state index is 6.03. The molecule has 2 atom stereocenters. The molecule has 180 valence electrons. The molecule has 0 spiro atoms. The highest BCUT2D eigenvalue weighted by molar-refractivity contribution is 5.48. The molecule has 0 aromatic heterocycles. The Hall–Kier alpha value is -2.08. The van der Waals surface area contributed by atoms with E-state index in [4.69, 9.17) is 9.47 Å². The van der Waals surface area contributed by atoms with Crippen molar-refractivity contribution in [3.63, 3.8) is 0 Å². The third kappa shape index (κ3) is 6.50. The van der Waals surface area contributed by atoms with Gasteiger partial charge in [0, 0.05) is 43.5 Å². The minimum absolute atomic E-state index is 0.147. The van der Waals surface area contributed by atoms with Crippen molar-refractivity contribution >= 4 is 5.69 Å². The van der Waals surface area contributed by atoms with Crippen LogP contribution in [0, 0.1) is 0 Å². The minimum atomic E-state index is -0.147. The third-order valence-corrected chi connectivity index (χ3v) is 6.91. The van der Waals surface area contributed by atoms with Crippen LogP contribution in [-0.4, -0.2) is 55.7 Å². The van der Waals surface area contributed by atoms with Gasteiger partial charge in [0.2, 0.25) is 0 Å². The molecule has 2 heterocycles. The number of epoxide rings is 1. The number of likely N-dealkylation sites (tertiary alicyclic amines) is 1. The molecule has 0 amide bonds. The Balaban J connectivity index is 1.23. The molecule has 2 aliphatic heterocycles. The molecule has 5 nitrogen and oxygen atoms in total. The normalized spacial score (nSPS) is 21.7. The summed E-state index contributed by atoms with van der Waals surface area (Å²) in [6, 6.07) is 17.3. The van der Waals surface area contributed by atoms with Gasteiger partial charge in [-0.05, 0) is 63.9 Å². The molecule has 33 heavy (non-hydrogen) atoms. The lowest BCUT2D eigenvalue weighted by molar-refractivity contribution is 0.0573. The van der Waals surface area contributed by atoms with Crippen LogP contribution in [0.3, 0.4) is 0 Å². The summed E-state index contributed by atoms with van der Waals surface area (Å²) in [6.45, 7) is 10.4. The zero-order valence-electron chi connectivity index (χ0n) is 20.7. The van der Waals surface area contributed by atoms with Gasteiger partial charge in [-0.25, -0.2) is 0 Å². The molecule has 2 aliphatic rings. The zero-order valence-corrected chi connectivity index (χ0v) is 20.7. The summed E-state index contributed by atoms with van der Waals surface area (Å²) in [4.78, 5) is 4.96. The number of rotatable bonds is 12. The predicted molar refractivity (Wildman–Crippen MR) is 136 cm³/mol. The average molecular weight is 452 g/mol. The molecule has 2 fully saturated rings. The van der Waals surface area contributed by atoms with Crippen LogP contribution in [0.2, 0.25) is 0 Å². The molecular formula is C28H41N3O2. The zero-order chi connectivity index (χ0) is 23.1. The number of ether oxygens (including phenoxy) is 2. The first-order valence-electron chi connectivity index (χ1n) is 12.8. The largest absolute Gasteiger partial charge is 0.491 e. The maximum Gasteiger partial charge on any atom is 0.171 e. The first-order valence-corrected chi connectivity index (χ1v) is 12.8. The van der Waals surface area contributed by atoms with Crippen molar-refractivity contribution in [3.8, 4) is 5.75 Å². The number of anilines is 1. The Bertz CT molecular complexity index is 877. The van der Waals surface area contributed by atoms with Gasteiger partial charge in [0.1, 0.15) is 5.75 Å². The molecule has 4 rings (SSSR count). The summed E-state index contributed by atoms with van der Waals surface area (Å²) in [7, 11) is 2.21. The molecule has 0 radical (unpaired) electrons. The lowest BCUT2D eigenvalue weighted by atomic mass is 10.00. The fourth-order valence-corrected chi connectivity index (χ4v) is 4.74. The van der Waals surface area contributed by atoms with Crippen LogP contribution in [0.5, 0.6) is 5.75 Å². The van der Waals surface area contributed by atoms with Gasteiger partial charge in [0.15, 0.2) is 5.72 Å². The van der Waals surface area contributed by atoms with Gasteiger partial charge >= 0.3 is 0 Å². The topological polar surface area (TPSA) is 40.3 Å². The molecule has 5 heteroatoms. The van der Waals surface area contributed by atoms with Gasteiger partial charge in [0.05, 0.1) is 12.7 Å². The van der Waals surface area contributed by atoms with E-state index in [1.165, 1.54) is 30.4 Å². The number of nitrogens with one attached hydrogen (secondary N) is 1. The lowest BCUT2D eigenvalue weighted by Gasteiger charge is -2.32. The summed E-state index contributed by atoms with van der Waals surface area (Å²) in [5.74, 6) is 0.938. The van der Waals surface area contributed by atoms with Crippen molar-refractivity contribution in [3.05, 3.63) is 59.7 Å². The Morgan fingerprint density at radius 3 is 2.67 bits per heavy atom. The van der Waals surface area contributed by atoms with Gasteiger partial charge < -0.3 is 19.7 Å². The second-order valence-electron chi connectivity index (χ2n) is 9.70. The van der Waals surface area contributed by atoms with E-state index in [2.05, 4.69) is 78.5 Å². The summed E-state index contributed by atoms with van der Waals surface area (Å²) >= 11 is 0. The molecule has 2 aromatic carbocycles. The second-order valence-corrected chi connectivity index (χ2v) is 9.70. The van der Waals surface area contributed by atoms with Crippen molar-refractivity contribution in [1.82, 2.24) is 9.80 Å². The highest BCUT2D eigenvalue weighted by Gasteiger charge is 2.51. The second kappa shape index (κ2) is 11.4. The third-order valence-electron chi connectivity index (χ3n) is 6.91. The van der Waals surface area contributed by atoms with E-state index in [0.717, 1.165) is 63.6 Å². The molecule has 1 N–H and O–H groups in total. The standard InChI is InChI=1S/C28H41N3O2/c1-4-23(2)33-27-14-9-13-26(20-27)29-15-10-16-30(3)21-24-11-8-12-25(19-24)28(22-32-28)31-17-6-5-7-18-31/h8-9,11-14,19-20,23,29H,4-7,10,15-18,21-22H2,1-3H3. The highest BCUT2D eigenvalue weighted by Crippen LogP contribution is 2.43. The molecule has 2 unspecified atom stereocenters. The predicted octanol–water partition coefficient (Wildman–Crippen LogP) is 5.47. The van der Waals surface area contributed by atoms with Crippen LogP contribution in [0.4, 0.5) is 5.69 Å². The molecule has 2 saturated heterocycles. The molecule has 2 aromatic rings. The van der Waals surface area contributed by atoms with Gasteiger partial charge in [-0.1, -0.05) is 43.7 Å². The van der Waals surface area contributed by atoms with E-state index in [0.29, 0.717) is 0 Å². The molecule has 0 bridgehead atoms.